The molecule has 0 saturated carbocycles. The summed E-state index contributed by atoms with van der Waals surface area (Å²) in [6.45, 7) is 1.80. The molecule has 2 aromatic rings. The molecule has 138 valence electrons. The third kappa shape index (κ3) is 3.32. The van der Waals surface area contributed by atoms with Gasteiger partial charge in [-0.2, -0.15) is 10.5 Å². The molecule has 1 aliphatic heterocycles. The minimum Gasteiger partial charge on any atom is -0.399 e. The fourth-order valence-electron chi connectivity index (χ4n) is 3.36. The molecule has 1 atom stereocenters. The van der Waals surface area contributed by atoms with Gasteiger partial charge >= 0.3 is 0 Å². The zero-order valence-electron chi connectivity index (χ0n) is 15.6. The number of nitrogens with two attached hydrogens (primary N) is 1. The summed E-state index contributed by atoms with van der Waals surface area (Å²) in [6.07, 6.45) is 0. The first-order chi connectivity index (χ1) is 13.5. The Balaban J connectivity index is 2.23. The van der Waals surface area contributed by atoms with E-state index in [1.807, 2.05) is 18.2 Å². The molecule has 1 amide bonds. The number of hydrogen-bond donors (Lipinski definition) is 3. The van der Waals surface area contributed by atoms with Crippen LogP contribution in [0.4, 0.5) is 5.69 Å². The van der Waals surface area contributed by atoms with Gasteiger partial charge in [-0.25, -0.2) is 0 Å². The van der Waals surface area contributed by atoms with Gasteiger partial charge in [-0.15, -0.1) is 0 Å². The molecule has 1 heterocycles. The van der Waals surface area contributed by atoms with Crippen molar-refractivity contribution < 1.29 is 4.79 Å². The van der Waals surface area contributed by atoms with E-state index in [1.54, 1.807) is 44.3 Å². The van der Waals surface area contributed by atoms with Gasteiger partial charge in [0.25, 0.3) is 5.91 Å². The molecule has 0 fully saturated rings. The van der Waals surface area contributed by atoms with Gasteiger partial charge < -0.3 is 16.4 Å². The van der Waals surface area contributed by atoms with E-state index in [0.717, 1.165) is 5.56 Å². The number of anilines is 1. The number of rotatable bonds is 3. The monoisotopic (exact) mass is 369 g/mol. The SMILES string of the molecule is CNC(=O)c1cccc(C2C(C#N)=C(C)NC(c3cccc(N)c3)=C2C#N)c1. The molecule has 1 unspecified atom stereocenters. The van der Waals surface area contributed by atoms with Crippen molar-refractivity contribution in [2.24, 2.45) is 0 Å². The van der Waals surface area contributed by atoms with Crippen LogP contribution in [-0.2, 0) is 0 Å². The molecular formula is C22H19N5O. The Morgan fingerprint density at radius 1 is 1.11 bits per heavy atom. The summed E-state index contributed by atoms with van der Waals surface area (Å²) < 4.78 is 0. The van der Waals surface area contributed by atoms with Gasteiger partial charge in [0.2, 0.25) is 0 Å². The van der Waals surface area contributed by atoms with E-state index in [0.29, 0.717) is 39.4 Å². The van der Waals surface area contributed by atoms with Crippen LogP contribution in [0.3, 0.4) is 0 Å². The zero-order chi connectivity index (χ0) is 20.3. The van der Waals surface area contributed by atoms with Gasteiger partial charge in [-0.3, -0.25) is 4.79 Å². The standard InChI is InChI=1S/C22H19N5O/c1-13-18(11-23)20(14-5-3-7-16(9-14)22(28)26-2)19(12-24)21(27-13)15-6-4-8-17(25)10-15/h3-10,20,27H,25H2,1-2H3,(H,26,28). The van der Waals surface area contributed by atoms with Crippen molar-refractivity contribution in [2.75, 3.05) is 12.8 Å². The highest BCUT2D eigenvalue weighted by Crippen LogP contribution is 2.40. The average Bonchev–Trinajstić information content (AvgIpc) is 2.72. The van der Waals surface area contributed by atoms with Crippen molar-refractivity contribution in [2.45, 2.75) is 12.8 Å². The van der Waals surface area contributed by atoms with Gasteiger partial charge in [0.15, 0.2) is 0 Å². The average molecular weight is 369 g/mol. The Labute approximate surface area is 163 Å². The number of nitrogens with one attached hydrogen (secondary N) is 2. The third-order valence-electron chi connectivity index (χ3n) is 4.69. The lowest BCUT2D eigenvalue weighted by atomic mass is 9.80. The molecule has 6 heteroatoms. The minimum absolute atomic E-state index is 0.228. The lowest BCUT2D eigenvalue weighted by Crippen LogP contribution is -2.24. The largest absolute Gasteiger partial charge is 0.399 e. The summed E-state index contributed by atoms with van der Waals surface area (Å²) in [5.41, 5.74) is 10.6. The quantitative estimate of drug-likeness (QED) is 0.719. The lowest BCUT2D eigenvalue weighted by molar-refractivity contribution is 0.0963. The second-order valence-electron chi connectivity index (χ2n) is 6.44. The number of dihydropyridines is 1. The number of amides is 1. The third-order valence-corrected chi connectivity index (χ3v) is 4.69. The van der Waals surface area contributed by atoms with E-state index < -0.39 is 5.92 Å². The summed E-state index contributed by atoms with van der Waals surface area (Å²) in [5.74, 6) is -0.800. The van der Waals surface area contributed by atoms with Gasteiger partial charge in [-0.05, 0) is 36.8 Å². The second kappa shape index (κ2) is 7.69. The van der Waals surface area contributed by atoms with Crippen LogP contribution in [0, 0.1) is 22.7 Å². The van der Waals surface area contributed by atoms with E-state index in [2.05, 4.69) is 22.8 Å². The molecule has 1 aliphatic rings. The predicted molar refractivity (Wildman–Crippen MR) is 107 cm³/mol. The molecule has 0 radical (unpaired) electrons. The highest BCUT2D eigenvalue weighted by Gasteiger charge is 2.31. The summed E-state index contributed by atoms with van der Waals surface area (Å²) in [5, 5.41) is 25.5. The molecular weight excluding hydrogens is 350 g/mol. The van der Waals surface area contributed by atoms with Crippen molar-refractivity contribution >= 4 is 17.3 Å². The van der Waals surface area contributed by atoms with E-state index in [9.17, 15) is 15.3 Å². The van der Waals surface area contributed by atoms with E-state index >= 15 is 0 Å². The van der Waals surface area contributed by atoms with Crippen molar-refractivity contribution in [3.8, 4) is 12.1 Å². The minimum atomic E-state index is -0.572. The maximum absolute atomic E-state index is 12.0. The van der Waals surface area contributed by atoms with E-state index in [-0.39, 0.29) is 5.91 Å². The van der Waals surface area contributed by atoms with Crippen molar-refractivity contribution in [3.05, 3.63) is 82.1 Å². The molecule has 0 aliphatic carbocycles. The number of hydrogen-bond acceptors (Lipinski definition) is 5. The molecule has 2 aromatic carbocycles. The lowest BCUT2D eigenvalue weighted by Gasteiger charge is -2.28. The number of nitrogen functional groups attached to an aromatic ring is 1. The number of carbonyl (C=O) groups excluding carboxylic acids is 1. The zero-order valence-corrected chi connectivity index (χ0v) is 15.6. The van der Waals surface area contributed by atoms with E-state index in [1.165, 1.54) is 0 Å². The molecule has 28 heavy (non-hydrogen) atoms. The summed E-state index contributed by atoms with van der Waals surface area (Å²) >= 11 is 0. The first-order valence-corrected chi connectivity index (χ1v) is 8.70. The van der Waals surface area contributed by atoms with Crippen LogP contribution in [0.15, 0.2) is 65.4 Å². The van der Waals surface area contributed by atoms with Crippen LogP contribution in [0.1, 0.15) is 34.3 Å². The van der Waals surface area contributed by atoms with Crippen molar-refractivity contribution in [3.63, 3.8) is 0 Å². The van der Waals surface area contributed by atoms with Crippen LogP contribution < -0.4 is 16.4 Å². The molecule has 0 aromatic heterocycles. The Morgan fingerprint density at radius 2 is 1.82 bits per heavy atom. The number of carbonyl (C=O) groups is 1. The van der Waals surface area contributed by atoms with Gasteiger partial charge in [-0.1, -0.05) is 24.3 Å². The van der Waals surface area contributed by atoms with Gasteiger partial charge in [0, 0.05) is 29.6 Å². The van der Waals surface area contributed by atoms with Crippen molar-refractivity contribution in [1.29, 1.82) is 10.5 Å². The highest BCUT2D eigenvalue weighted by molar-refractivity contribution is 5.94. The maximum Gasteiger partial charge on any atom is 0.251 e. The fourth-order valence-corrected chi connectivity index (χ4v) is 3.36. The van der Waals surface area contributed by atoms with Crippen LogP contribution in [0.25, 0.3) is 5.70 Å². The molecule has 0 spiro atoms. The Bertz CT molecular complexity index is 1100. The van der Waals surface area contributed by atoms with E-state index in [4.69, 9.17) is 5.73 Å². The number of nitriles is 2. The first-order valence-electron chi connectivity index (χ1n) is 8.70. The first kappa shape index (κ1) is 18.8. The highest BCUT2D eigenvalue weighted by atomic mass is 16.1. The normalized spacial score (nSPS) is 16.1. The summed E-state index contributed by atoms with van der Waals surface area (Å²) in [4.78, 5) is 12.0. The van der Waals surface area contributed by atoms with Crippen molar-refractivity contribution in [1.82, 2.24) is 10.6 Å². The molecule has 0 bridgehead atoms. The van der Waals surface area contributed by atoms with Gasteiger partial charge in [0.1, 0.15) is 0 Å². The van der Waals surface area contributed by atoms with Crippen LogP contribution in [0.5, 0.6) is 0 Å². The van der Waals surface area contributed by atoms with Gasteiger partial charge in [0.05, 0.1) is 34.9 Å². The van der Waals surface area contributed by atoms with Crippen LogP contribution >= 0.6 is 0 Å². The fraction of sp³-hybridized carbons (Fsp3) is 0.136. The Morgan fingerprint density at radius 3 is 2.46 bits per heavy atom. The summed E-state index contributed by atoms with van der Waals surface area (Å²) in [6, 6.07) is 18.7. The number of benzene rings is 2. The number of allylic oxidation sites excluding steroid dienone is 3. The maximum atomic E-state index is 12.0. The molecule has 6 nitrogen and oxygen atoms in total. The molecule has 0 saturated heterocycles. The second-order valence-corrected chi connectivity index (χ2v) is 6.44. The predicted octanol–water partition coefficient (Wildman–Crippen LogP) is 3.05. The van der Waals surface area contributed by atoms with Crippen LogP contribution in [-0.4, -0.2) is 13.0 Å². The van der Waals surface area contributed by atoms with Crippen LogP contribution in [0.2, 0.25) is 0 Å². The number of nitrogens with zero attached hydrogens (tertiary/aromatic N) is 2. The smallest absolute Gasteiger partial charge is 0.251 e. The summed E-state index contributed by atoms with van der Waals surface area (Å²) in [7, 11) is 1.56. The topological polar surface area (TPSA) is 115 Å². The molecule has 3 rings (SSSR count). The molecule has 4 N–H and O–H groups in total. The Hall–Kier alpha value is -4.03. The Kier molecular flexibility index (Phi) is 5.15.